The predicted molar refractivity (Wildman–Crippen MR) is 125 cm³/mol. The van der Waals surface area contributed by atoms with Gasteiger partial charge in [-0.1, -0.05) is 24.3 Å². The molecular formula is C24H35ClN2O3. The van der Waals surface area contributed by atoms with Crippen molar-refractivity contribution < 1.29 is 14.3 Å². The Morgan fingerprint density at radius 3 is 2.60 bits per heavy atom. The third-order valence-electron chi connectivity index (χ3n) is 5.71. The molecule has 166 valence electrons. The number of methoxy groups -OCH3 is 1. The van der Waals surface area contributed by atoms with Gasteiger partial charge in [0.05, 0.1) is 6.61 Å². The molecule has 6 heteroatoms. The molecule has 30 heavy (non-hydrogen) atoms. The van der Waals surface area contributed by atoms with E-state index in [-0.39, 0.29) is 30.4 Å². The van der Waals surface area contributed by atoms with E-state index in [4.69, 9.17) is 9.47 Å². The van der Waals surface area contributed by atoms with Gasteiger partial charge in [0.15, 0.2) is 0 Å². The Morgan fingerprint density at radius 2 is 1.97 bits per heavy atom. The van der Waals surface area contributed by atoms with Crippen molar-refractivity contribution in [3.05, 3.63) is 41.5 Å². The third-order valence-corrected chi connectivity index (χ3v) is 5.71. The number of hydrogen-bond acceptors (Lipinski definition) is 4. The Morgan fingerprint density at radius 1 is 1.23 bits per heavy atom. The van der Waals surface area contributed by atoms with Gasteiger partial charge in [0.1, 0.15) is 5.75 Å². The molecule has 0 saturated carbocycles. The summed E-state index contributed by atoms with van der Waals surface area (Å²) in [5, 5.41) is 5.57. The van der Waals surface area contributed by atoms with Crippen molar-refractivity contribution in [2.45, 2.75) is 52.1 Å². The van der Waals surface area contributed by atoms with Crippen molar-refractivity contribution in [3.63, 3.8) is 0 Å². The minimum Gasteiger partial charge on any atom is -0.493 e. The van der Waals surface area contributed by atoms with Crippen LogP contribution in [0, 0.1) is 6.92 Å². The monoisotopic (exact) mass is 434 g/mol. The lowest BCUT2D eigenvalue weighted by Crippen LogP contribution is -2.51. The van der Waals surface area contributed by atoms with Gasteiger partial charge in [-0.15, -0.1) is 12.4 Å². The van der Waals surface area contributed by atoms with Crippen LogP contribution >= 0.6 is 12.4 Å². The highest BCUT2D eigenvalue weighted by Gasteiger charge is 2.30. The molecule has 1 saturated heterocycles. The summed E-state index contributed by atoms with van der Waals surface area (Å²) in [7, 11) is 1.69. The first-order valence-electron chi connectivity index (χ1n) is 10.7. The average molecular weight is 435 g/mol. The van der Waals surface area contributed by atoms with Crippen molar-refractivity contribution in [1.29, 1.82) is 0 Å². The predicted octanol–water partition coefficient (Wildman–Crippen LogP) is 4.59. The Balaban J connectivity index is 0.00000320. The van der Waals surface area contributed by atoms with Gasteiger partial charge < -0.3 is 19.7 Å². The van der Waals surface area contributed by atoms with Gasteiger partial charge in [0.25, 0.3) is 5.91 Å². The summed E-state index contributed by atoms with van der Waals surface area (Å²) in [5.74, 6) is 0.870. The highest BCUT2D eigenvalue weighted by atomic mass is 35.5. The number of ether oxygens (including phenoxy) is 2. The highest BCUT2D eigenvalue weighted by Crippen LogP contribution is 2.33. The van der Waals surface area contributed by atoms with Crippen molar-refractivity contribution in [1.82, 2.24) is 10.2 Å². The Kier molecular flexibility index (Phi) is 9.40. The van der Waals surface area contributed by atoms with Crippen molar-refractivity contribution in [2.75, 3.05) is 33.4 Å². The molecule has 1 heterocycles. The lowest BCUT2D eigenvalue weighted by molar-refractivity contribution is 0.0572. The van der Waals surface area contributed by atoms with Crippen LogP contribution in [-0.4, -0.2) is 56.3 Å². The van der Waals surface area contributed by atoms with E-state index in [2.05, 4.69) is 36.2 Å². The van der Waals surface area contributed by atoms with E-state index in [1.807, 2.05) is 25.1 Å². The molecule has 0 unspecified atom stereocenters. The molecule has 1 N–H and O–H groups in total. The number of amides is 1. The maximum absolute atomic E-state index is 13.7. The lowest BCUT2D eigenvalue weighted by Gasteiger charge is -2.38. The molecule has 2 aromatic carbocycles. The molecule has 1 fully saturated rings. The van der Waals surface area contributed by atoms with E-state index in [0.717, 1.165) is 60.0 Å². The number of nitrogens with zero attached hydrogens (tertiary/aromatic N) is 1. The molecule has 3 rings (SSSR count). The summed E-state index contributed by atoms with van der Waals surface area (Å²) in [6.07, 6.45) is 2.96. The number of aryl methyl sites for hydroxylation is 1. The lowest BCUT2D eigenvalue weighted by atomic mass is 9.96. The fourth-order valence-electron chi connectivity index (χ4n) is 4.25. The zero-order valence-corrected chi connectivity index (χ0v) is 19.4. The summed E-state index contributed by atoms with van der Waals surface area (Å²) in [6.45, 7) is 9.36. The topological polar surface area (TPSA) is 50.8 Å². The highest BCUT2D eigenvalue weighted by molar-refractivity contribution is 6.03. The van der Waals surface area contributed by atoms with Crippen LogP contribution in [0.5, 0.6) is 5.75 Å². The van der Waals surface area contributed by atoms with E-state index in [1.165, 1.54) is 0 Å². The molecule has 0 aromatic heterocycles. The SMILES string of the molecule is COCCCOc1cc(C(=O)N(C(C)C)[C@@H]2CCCNC2)c(C)c2ccccc12.Cl. The van der Waals surface area contributed by atoms with E-state index in [1.54, 1.807) is 7.11 Å². The molecular weight excluding hydrogens is 400 g/mol. The first-order valence-corrected chi connectivity index (χ1v) is 10.7. The van der Waals surface area contributed by atoms with Crippen molar-refractivity contribution in [3.8, 4) is 5.75 Å². The standard InChI is InChI=1S/C24H34N2O3.ClH/c1-17(2)26(19-9-7-12-25-16-19)24(27)22-15-23(29-14-8-13-28-4)21-11-6-5-10-20(21)18(22)3;/h5-6,10-11,15,17,19,25H,7-9,12-14,16H2,1-4H3;1H/t19-;/m1./s1. The minimum absolute atomic E-state index is 0. The molecule has 0 radical (unpaired) electrons. The first kappa shape index (κ1) is 24.4. The van der Waals surface area contributed by atoms with Crippen LogP contribution in [0.3, 0.4) is 0 Å². The summed E-state index contributed by atoms with van der Waals surface area (Å²) < 4.78 is 11.2. The normalized spacial score (nSPS) is 16.4. The minimum atomic E-state index is 0. The second kappa shape index (κ2) is 11.5. The number of carbonyl (C=O) groups excluding carboxylic acids is 1. The Labute approximate surface area is 186 Å². The van der Waals surface area contributed by atoms with Crippen LogP contribution in [0.1, 0.15) is 49.0 Å². The molecule has 0 aliphatic carbocycles. The number of hydrogen-bond donors (Lipinski definition) is 1. The molecule has 1 atom stereocenters. The molecule has 1 amide bonds. The maximum atomic E-state index is 13.7. The Hall–Kier alpha value is -1.82. The molecule has 1 aliphatic heterocycles. The fraction of sp³-hybridized carbons (Fsp3) is 0.542. The summed E-state index contributed by atoms with van der Waals surface area (Å²) >= 11 is 0. The van der Waals surface area contributed by atoms with E-state index >= 15 is 0 Å². The van der Waals surface area contributed by atoms with E-state index in [0.29, 0.717) is 13.2 Å². The number of nitrogens with one attached hydrogen (secondary N) is 1. The zero-order chi connectivity index (χ0) is 20.8. The quantitative estimate of drug-likeness (QED) is 0.617. The second-order valence-corrected chi connectivity index (χ2v) is 8.09. The van der Waals surface area contributed by atoms with Gasteiger partial charge in [-0.25, -0.2) is 0 Å². The number of rotatable bonds is 8. The first-order chi connectivity index (χ1) is 14.0. The number of benzene rings is 2. The van der Waals surface area contributed by atoms with Gasteiger partial charge in [0.2, 0.25) is 0 Å². The smallest absolute Gasteiger partial charge is 0.254 e. The van der Waals surface area contributed by atoms with Crippen LogP contribution in [-0.2, 0) is 4.74 Å². The molecule has 1 aliphatic rings. The van der Waals surface area contributed by atoms with Gasteiger partial charge >= 0.3 is 0 Å². The second-order valence-electron chi connectivity index (χ2n) is 8.09. The molecule has 5 nitrogen and oxygen atoms in total. The van der Waals surface area contributed by atoms with Crippen LogP contribution in [0.25, 0.3) is 10.8 Å². The number of carbonyl (C=O) groups is 1. The molecule has 2 aromatic rings. The zero-order valence-electron chi connectivity index (χ0n) is 18.6. The molecule has 0 spiro atoms. The summed E-state index contributed by atoms with van der Waals surface area (Å²) in [6, 6.07) is 10.5. The summed E-state index contributed by atoms with van der Waals surface area (Å²) in [5.41, 5.74) is 1.76. The average Bonchev–Trinajstić information content (AvgIpc) is 2.73. The summed E-state index contributed by atoms with van der Waals surface area (Å²) in [4.78, 5) is 15.8. The van der Waals surface area contributed by atoms with Gasteiger partial charge in [-0.05, 0) is 57.2 Å². The maximum Gasteiger partial charge on any atom is 0.254 e. The van der Waals surface area contributed by atoms with Crippen LogP contribution < -0.4 is 10.1 Å². The van der Waals surface area contributed by atoms with Crippen LogP contribution in [0.15, 0.2) is 30.3 Å². The third kappa shape index (κ3) is 5.45. The van der Waals surface area contributed by atoms with E-state index < -0.39 is 0 Å². The van der Waals surface area contributed by atoms with Gasteiger partial charge in [-0.2, -0.15) is 0 Å². The van der Waals surface area contributed by atoms with Crippen LogP contribution in [0.2, 0.25) is 0 Å². The molecule has 0 bridgehead atoms. The van der Waals surface area contributed by atoms with Crippen molar-refractivity contribution in [2.24, 2.45) is 0 Å². The largest absolute Gasteiger partial charge is 0.493 e. The number of halogens is 1. The van der Waals surface area contributed by atoms with Gasteiger partial charge in [0, 0.05) is 49.7 Å². The number of fused-ring (bicyclic) bond motifs is 1. The van der Waals surface area contributed by atoms with Crippen LogP contribution in [0.4, 0.5) is 0 Å². The fourth-order valence-corrected chi connectivity index (χ4v) is 4.25. The van der Waals surface area contributed by atoms with Crippen molar-refractivity contribution >= 4 is 29.1 Å². The van der Waals surface area contributed by atoms with E-state index in [9.17, 15) is 4.79 Å². The van der Waals surface area contributed by atoms with Gasteiger partial charge in [-0.3, -0.25) is 4.79 Å². The Bertz CT molecular complexity index is 835. The number of piperidine rings is 1.